The molecule has 0 aliphatic heterocycles. The number of H-pyrrole nitrogens is 2. The highest BCUT2D eigenvalue weighted by Gasteiger charge is 2.18. The maximum atomic E-state index is 12.8. The first-order valence-electron chi connectivity index (χ1n) is 9.35. The molecular weight excluding hydrogens is 380 g/mol. The van der Waals surface area contributed by atoms with Gasteiger partial charge in [-0.25, -0.2) is 9.36 Å². The Morgan fingerprint density at radius 3 is 2.33 bits per heavy atom. The SMILES string of the molecule is O=c1[nH]c2ccccc2n1-c1[nH]c(-c2cccc([N+](=O)[O-])c2)cc1-c1ccccc1. The second-order valence-corrected chi connectivity index (χ2v) is 6.90. The fraction of sp³-hybridized carbons (Fsp3) is 0. The Kier molecular flexibility index (Phi) is 4.07. The molecule has 0 bridgehead atoms. The molecular formula is C23H16N4O3. The minimum absolute atomic E-state index is 0.00849. The lowest BCUT2D eigenvalue weighted by Gasteiger charge is -2.06. The number of rotatable bonds is 4. The Hall–Kier alpha value is -4.39. The summed E-state index contributed by atoms with van der Waals surface area (Å²) in [6.07, 6.45) is 0. The third kappa shape index (κ3) is 2.89. The summed E-state index contributed by atoms with van der Waals surface area (Å²) in [6, 6.07) is 25.5. The van der Waals surface area contributed by atoms with Gasteiger partial charge in [0.2, 0.25) is 0 Å². The largest absolute Gasteiger partial charge is 0.340 e. The summed E-state index contributed by atoms with van der Waals surface area (Å²) in [5, 5.41) is 11.2. The lowest BCUT2D eigenvalue weighted by molar-refractivity contribution is -0.384. The minimum atomic E-state index is -0.421. The zero-order chi connectivity index (χ0) is 20.7. The average molecular weight is 396 g/mol. The molecule has 5 rings (SSSR count). The number of nitro groups is 1. The van der Waals surface area contributed by atoms with Crippen molar-refractivity contribution in [2.24, 2.45) is 0 Å². The Morgan fingerprint density at radius 2 is 1.53 bits per heavy atom. The maximum absolute atomic E-state index is 12.8. The van der Waals surface area contributed by atoms with Gasteiger partial charge in [-0.3, -0.25) is 10.1 Å². The number of imidazole rings is 1. The van der Waals surface area contributed by atoms with Gasteiger partial charge in [-0.1, -0.05) is 54.6 Å². The van der Waals surface area contributed by atoms with Crippen molar-refractivity contribution in [2.75, 3.05) is 0 Å². The molecule has 0 aliphatic carbocycles. The second-order valence-electron chi connectivity index (χ2n) is 6.90. The summed E-state index contributed by atoms with van der Waals surface area (Å²) in [4.78, 5) is 29.8. The Bertz CT molecular complexity index is 1440. The average Bonchev–Trinajstić information content (AvgIpc) is 3.34. The van der Waals surface area contributed by atoms with Crippen LogP contribution in [0.5, 0.6) is 0 Å². The molecule has 0 atom stereocenters. The summed E-state index contributed by atoms with van der Waals surface area (Å²) >= 11 is 0. The summed E-state index contributed by atoms with van der Waals surface area (Å²) in [6.45, 7) is 0. The molecule has 0 unspecified atom stereocenters. The normalized spacial score (nSPS) is 11.1. The van der Waals surface area contributed by atoms with Crippen molar-refractivity contribution in [1.29, 1.82) is 0 Å². The van der Waals surface area contributed by atoms with E-state index in [-0.39, 0.29) is 11.4 Å². The number of fused-ring (bicyclic) bond motifs is 1. The van der Waals surface area contributed by atoms with Crippen LogP contribution in [0.15, 0.2) is 89.7 Å². The van der Waals surface area contributed by atoms with E-state index in [1.54, 1.807) is 16.7 Å². The van der Waals surface area contributed by atoms with Gasteiger partial charge >= 0.3 is 5.69 Å². The van der Waals surface area contributed by atoms with E-state index < -0.39 is 4.92 Å². The second kappa shape index (κ2) is 6.89. The smallest absolute Gasteiger partial charge is 0.332 e. The third-order valence-corrected chi connectivity index (χ3v) is 5.06. The standard InChI is InChI=1S/C23H16N4O3/c28-23-25-19-11-4-5-12-21(19)26(23)22-18(15-7-2-1-3-8-15)14-20(24-22)16-9-6-10-17(13-16)27(29)30/h1-14,24H,(H,25,28). The topological polar surface area (TPSA) is 96.7 Å². The van der Waals surface area contributed by atoms with Gasteiger partial charge in [-0.15, -0.1) is 0 Å². The van der Waals surface area contributed by atoms with Crippen molar-refractivity contribution in [3.05, 3.63) is 106 Å². The zero-order valence-corrected chi connectivity index (χ0v) is 15.7. The third-order valence-electron chi connectivity index (χ3n) is 5.06. The van der Waals surface area contributed by atoms with E-state index in [0.717, 1.165) is 22.2 Å². The molecule has 0 spiro atoms. The summed E-state index contributed by atoms with van der Waals surface area (Å²) in [5.74, 6) is 0.602. The number of nitrogens with one attached hydrogen (secondary N) is 2. The molecule has 0 saturated carbocycles. The first kappa shape index (κ1) is 17.7. The summed E-state index contributed by atoms with van der Waals surface area (Å²) in [7, 11) is 0. The quantitative estimate of drug-likeness (QED) is 0.334. The van der Waals surface area contributed by atoms with Crippen molar-refractivity contribution in [2.45, 2.75) is 0 Å². The molecule has 0 amide bonds. The predicted octanol–water partition coefficient (Wildman–Crippen LogP) is 4.89. The number of aromatic nitrogens is 3. The van der Waals surface area contributed by atoms with E-state index in [4.69, 9.17) is 0 Å². The maximum Gasteiger partial charge on any atom is 0.332 e. The molecule has 0 radical (unpaired) electrons. The van der Waals surface area contributed by atoms with Crippen molar-refractivity contribution >= 4 is 16.7 Å². The fourth-order valence-corrected chi connectivity index (χ4v) is 3.68. The van der Waals surface area contributed by atoms with Gasteiger partial charge in [-0.05, 0) is 23.8 Å². The van der Waals surface area contributed by atoms with Crippen LogP contribution >= 0.6 is 0 Å². The van der Waals surface area contributed by atoms with E-state index in [0.29, 0.717) is 17.1 Å². The van der Waals surface area contributed by atoms with Gasteiger partial charge in [0, 0.05) is 29.0 Å². The molecule has 5 aromatic rings. The Morgan fingerprint density at radius 1 is 0.800 bits per heavy atom. The van der Waals surface area contributed by atoms with Crippen LogP contribution in [0.3, 0.4) is 0 Å². The number of hydrogen-bond donors (Lipinski definition) is 2. The molecule has 7 heteroatoms. The van der Waals surface area contributed by atoms with Crippen molar-refractivity contribution in [3.63, 3.8) is 0 Å². The van der Waals surface area contributed by atoms with Crippen LogP contribution in [0.2, 0.25) is 0 Å². The number of benzene rings is 3. The molecule has 0 saturated heterocycles. The number of hydrogen-bond acceptors (Lipinski definition) is 3. The molecule has 30 heavy (non-hydrogen) atoms. The lowest BCUT2D eigenvalue weighted by atomic mass is 10.1. The number of aromatic amines is 2. The lowest BCUT2D eigenvalue weighted by Crippen LogP contribution is -2.15. The van der Waals surface area contributed by atoms with Crippen LogP contribution in [-0.4, -0.2) is 19.5 Å². The highest BCUT2D eigenvalue weighted by atomic mass is 16.6. The van der Waals surface area contributed by atoms with Gasteiger partial charge in [0.25, 0.3) is 5.69 Å². The summed E-state index contributed by atoms with van der Waals surface area (Å²) in [5.41, 5.74) is 4.32. The highest BCUT2D eigenvalue weighted by molar-refractivity contribution is 5.83. The molecule has 2 aromatic heterocycles. The van der Waals surface area contributed by atoms with Crippen LogP contribution < -0.4 is 5.69 Å². The molecule has 0 fully saturated rings. The molecule has 146 valence electrons. The highest BCUT2D eigenvalue weighted by Crippen LogP contribution is 2.33. The minimum Gasteiger partial charge on any atom is -0.340 e. The van der Waals surface area contributed by atoms with Gasteiger partial charge in [-0.2, -0.15) is 0 Å². The fourth-order valence-electron chi connectivity index (χ4n) is 3.68. The van der Waals surface area contributed by atoms with Crippen LogP contribution in [0.4, 0.5) is 5.69 Å². The van der Waals surface area contributed by atoms with Gasteiger partial charge < -0.3 is 9.97 Å². The molecule has 2 N–H and O–H groups in total. The van der Waals surface area contributed by atoms with Crippen LogP contribution in [-0.2, 0) is 0 Å². The first-order valence-corrected chi connectivity index (χ1v) is 9.35. The predicted molar refractivity (Wildman–Crippen MR) is 116 cm³/mol. The number of para-hydroxylation sites is 2. The van der Waals surface area contributed by atoms with Gasteiger partial charge in [0.15, 0.2) is 0 Å². The van der Waals surface area contributed by atoms with E-state index in [9.17, 15) is 14.9 Å². The van der Waals surface area contributed by atoms with Gasteiger partial charge in [0.05, 0.1) is 16.0 Å². The monoisotopic (exact) mass is 396 g/mol. The van der Waals surface area contributed by atoms with E-state index >= 15 is 0 Å². The van der Waals surface area contributed by atoms with E-state index in [2.05, 4.69) is 9.97 Å². The zero-order valence-electron chi connectivity index (χ0n) is 15.7. The molecule has 3 aromatic carbocycles. The number of non-ortho nitro benzene ring substituents is 1. The molecule has 0 aliphatic rings. The van der Waals surface area contributed by atoms with E-state index in [1.807, 2.05) is 60.7 Å². The van der Waals surface area contributed by atoms with Crippen LogP contribution in [0.25, 0.3) is 39.2 Å². The summed E-state index contributed by atoms with van der Waals surface area (Å²) < 4.78 is 1.60. The molecule has 2 heterocycles. The van der Waals surface area contributed by atoms with Crippen molar-refractivity contribution in [1.82, 2.24) is 14.5 Å². The van der Waals surface area contributed by atoms with Crippen molar-refractivity contribution in [3.8, 4) is 28.2 Å². The Balaban J connectivity index is 1.78. The number of nitro benzene ring substituents is 1. The van der Waals surface area contributed by atoms with Crippen LogP contribution in [0.1, 0.15) is 0 Å². The van der Waals surface area contributed by atoms with Crippen LogP contribution in [0, 0.1) is 10.1 Å². The first-order chi connectivity index (χ1) is 14.6. The Labute approximate surface area is 170 Å². The molecule has 7 nitrogen and oxygen atoms in total. The van der Waals surface area contributed by atoms with Crippen molar-refractivity contribution < 1.29 is 4.92 Å². The number of nitrogens with zero attached hydrogens (tertiary/aromatic N) is 2. The van der Waals surface area contributed by atoms with E-state index in [1.165, 1.54) is 12.1 Å². The van der Waals surface area contributed by atoms with Gasteiger partial charge in [0.1, 0.15) is 5.82 Å².